The van der Waals surface area contributed by atoms with Crippen molar-refractivity contribution in [3.63, 3.8) is 0 Å². The van der Waals surface area contributed by atoms with Gasteiger partial charge in [-0.25, -0.2) is 0 Å². The van der Waals surface area contributed by atoms with Crippen LogP contribution in [0.25, 0.3) is 0 Å². The molecule has 0 heterocycles. The Bertz CT molecular complexity index is 324. The highest BCUT2D eigenvalue weighted by Crippen LogP contribution is 2.22. The predicted molar refractivity (Wildman–Crippen MR) is 68.6 cm³/mol. The van der Waals surface area contributed by atoms with Crippen LogP contribution < -0.4 is 5.32 Å². The topological polar surface area (TPSA) is 32.3 Å². The molecule has 0 aliphatic rings. The number of nitrogens with one attached hydrogen (secondary N) is 1. The zero-order chi connectivity index (χ0) is 12.2. The summed E-state index contributed by atoms with van der Waals surface area (Å²) in [5, 5.41) is 13.7. The van der Waals surface area contributed by atoms with E-state index in [4.69, 9.17) is 0 Å². The van der Waals surface area contributed by atoms with Crippen molar-refractivity contribution < 1.29 is 5.11 Å². The molecule has 16 heavy (non-hydrogen) atoms. The first-order chi connectivity index (χ1) is 7.45. The van der Waals surface area contributed by atoms with Crippen LogP contribution in [-0.2, 0) is 5.60 Å². The molecule has 0 saturated carbocycles. The number of rotatable bonds is 5. The van der Waals surface area contributed by atoms with Gasteiger partial charge in [0.25, 0.3) is 0 Å². The summed E-state index contributed by atoms with van der Waals surface area (Å²) >= 11 is 0. The molecule has 0 saturated heterocycles. The fraction of sp³-hybridized carbons (Fsp3) is 0.571. The third-order valence-corrected chi connectivity index (χ3v) is 2.74. The smallest absolute Gasteiger partial charge is 0.0992 e. The Balaban J connectivity index is 2.80. The highest BCUT2D eigenvalue weighted by Gasteiger charge is 2.22. The van der Waals surface area contributed by atoms with Gasteiger partial charge in [-0.3, -0.25) is 0 Å². The van der Waals surface area contributed by atoms with E-state index in [9.17, 15) is 5.11 Å². The molecular weight excluding hydrogens is 198 g/mol. The van der Waals surface area contributed by atoms with Gasteiger partial charge in [0.2, 0.25) is 0 Å². The molecule has 0 radical (unpaired) electrons. The van der Waals surface area contributed by atoms with Crippen molar-refractivity contribution in [3.8, 4) is 0 Å². The Morgan fingerprint density at radius 2 is 1.75 bits per heavy atom. The molecular formula is C14H23NO. The molecule has 0 aliphatic carbocycles. The van der Waals surface area contributed by atoms with E-state index in [2.05, 4.69) is 44.3 Å². The van der Waals surface area contributed by atoms with E-state index in [0.29, 0.717) is 6.54 Å². The normalized spacial score (nSPS) is 14.8. The fourth-order valence-corrected chi connectivity index (χ4v) is 1.90. The third-order valence-electron chi connectivity index (χ3n) is 2.74. The van der Waals surface area contributed by atoms with E-state index in [1.807, 2.05) is 6.92 Å². The summed E-state index contributed by atoms with van der Waals surface area (Å²) in [6.45, 7) is 9.66. The summed E-state index contributed by atoms with van der Waals surface area (Å²) in [5.74, 6) is 0. The first-order valence-corrected chi connectivity index (χ1v) is 5.97. The average Bonchev–Trinajstić information content (AvgIpc) is 2.16. The largest absolute Gasteiger partial charge is 0.384 e. The summed E-state index contributed by atoms with van der Waals surface area (Å²) < 4.78 is 0. The highest BCUT2D eigenvalue weighted by molar-refractivity contribution is 5.32. The second kappa shape index (κ2) is 5.46. The molecule has 1 atom stereocenters. The molecule has 1 aromatic rings. The van der Waals surface area contributed by atoms with Crippen LogP contribution >= 0.6 is 0 Å². The van der Waals surface area contributed by atoms with Gasteiger partial charge in [-0.15, -0.1) is 0 Å². The lowest BCUT2D eigenvalue weighted by atomic mass is 9.93. The van der Waals surface area contributed by atoms with Crippen LogP contribution in [-0.4, -0.2) is 18.2 Å². The zero-order valence-corrected chi connectivity index (χ0v) is 10.8. The van der Waals surface area contributed by atoms with Crippen molar-refractivity contribution in [2.24, 2.45) is 0 Å². The quantitative estimate of drug-likeness (QED) is 0.749. The summed E-state index contributed by atoms with van der Waals surface area (Å²) in [6, 6.07) is 6.24. The lowest BCUT2D eigenvalue weighted by Gasteiger charge is -2.25. The molecule has 2 heteroatoms. The van der Waals surface area contributed by atoms with E-state index < -0.39 is 5.60 Å². The maximum Gasteiger partial charge on any atom is 0.0992 e. The van der Waals surface area contributed by atoms with Gasteiger partial charge in [0.15, 0.2) is 0 Å². The molecule has 0 fully saturated rings. The average molecular weight is 221 g/mol. The number of hydrogen-bond donors (Lipinski definition) is 2. The Morgan fingerprint density at radius 1 is 1.19 bits per heavy atom. The van der Waals surface area contributed by atoms with E-state index in [0.717, 1.165) is 18.5 Å². The molecule has 1 unspecified atom stereocenters. The van der Waals surface area contributed by atoms with Crippen LogP contribution in [0.4, 0.5) is 0 Å². The molecule has 0 aromatic heterocycles. The Morgan fingerprint density at radius 3 is 2.25 bits per heavy atom. The first-order valence-electron chi connectivity index (χ1n) is 5.97. The van der Waals surface area contributed by atoms with Crippen molar-refractivity contribution >= 4 is 0 Å². The number of benzene rings is 1. The Labute approximate surface area is 98.7 Å². The number of hydrogen-bond acceptors (Lipinski definition) is 2. The number of aliphatic hydroxyl groups is 1. The van der Waals surface area contributed by atoms with Crippen molar-refractivity contribution in [2.45, 2.75) is 39.7 Å². The molecule has 2 N–H and O–H groups in total. The van der Waals surface area contributed by atoms with Crippen LogP contribution in [0.1, 0.15) is 37.0 Å². The monoisotopic (exact) mass is 221 g/mol. The lowest BCUT2D eigenvalue weighted by molar-refractivity contribution is 0.0571. The third kappa shape index (κ3) is 3.62. The van der Waals surface area contributed by atoms with Crippen molar-refractivity contribution in [2.75, 3.05) is 13.1 Å². The van der Waals surface area contributed by atoms with Crippen LogP contribution in [0.15, 0.2) is 18.2 Å². The summed E-state index contributed by atoms with van der Waals surface area (Å²) in [5.41, 5.74) is 2.61. The maximum atomic E-state index is 10.4. The Hall–Kier alpha value is -0.860. The maximum absolute atomic E-state index is 10.4. The van der Waals surface area contributed by atoms with Gasteiger partial charge >= 0.3 is 0 Å². The second-order valence-corrected chi connectivity index (χ2v) is 4.83. The van der Waals surface area contributed by atoms with Crippen molar-refractivity contribution in [1.29, 1.82) is 0 Å². The molecule has 2 nitrogen and oxygen atoms in total. The Kier molecular flexibility index (Phi) is 4.51. The van der Waals surface area contributed by atoms with Crippen LogP contribution in [0.2, 0.25) is 0 Å². The summed E-state index contributed by atoms with van der Waals surface area (Å²) in [4.78, 5) is 0. The summed E-state index contributed by atoms with van der Waals surface area (Å²) in [6.07, 6.45) is 1.09. The van der Waals surface area contributed by atoms with Crippen molar-refractivity contribution in [1.82, 2.24) is 5.32 Å². The van der Waals surface area contributed by atoms with Gasteiger partial charge < -0.3 is 10.4 Å². The van der Waals surface area contributed by atoms with Gasteiger partial charge in [0, 0.05) is 6.54 Å². The van der Waals surface area contributed by atoms with Gasteiger partial charge in [-0.1, -0.05) is 36.2 Å². The molecule has 0 bridgehead atoms. The van der Waals surface area contributed by atoms with Gasteiger partial charge in [-0.05, 0) is 39.3 Å². The highest BCUT2D eigenvalue weighted by atomic mass is 16.3. The minimum atomic E-state index is -0.786. The first kappa shape index (κ1) is 13.2. The minimum absolute atomic E-state index is 0.601. The van der Waals surface area contributed by atoms with E-state index in [1.165, 1.54) is 11.1 Å². The lowest BCUT2D eigenvalue weighted by Crippen LogP contribution is -2.35. The van der Waals surface area contributed by atoms with Crippen LogP contribution in [0.5, 0.6) is 0 Å². The van der Waals surface area contributed by atoms with E-state index in [1.54, 1.807) is 0 Å². The number of aryl methyl sites for hydroxylation is 2. The fourth-order valence-electron chi connectivity index (χ4n) is 1.90. The van der Waals surface area contributed by atoms with E-state index in [-0.39, 0.29) is 0 Å². The van der Waals surface area contributed by atoms with Crippen molar-refractivity contribution in [3.05, 3.63) is 34.9 Å². The predicted octanol–water partition coefficient (Wildman–Crippen LogP) is 2.51. The minimum Gasteiger partial charge on any atom is -0.384 e. The van der Waals surface area contributed by atoms with Crippen LogP contribution in [0, 0.1) is 13.8 Å². The van der Waals surface area contributed by atoms with E-state index >= 15 is 0 Å². The standard InChI is InChI=1S/C14H23NO/c1-5-6-15-10-14(4,16)13-8-11(2)7-12(3)9-13/h7-9,15-16H,5-6,10H2,1-4H3. The molecule has 1 rings (SSSR count). The van der Waals surface area contributed by atoms with Gasteiger partial charge in [0.05, 0.1) is 5.60 Å². The molecule has 0 spiro atoms. The summed E-state index contributed by atoms with van der Waals surface area (Å²) in [7, 11) is 0. The SMILES string of the molecule is CCCNCC(C)(O)c1cc(C)cc(C)c1. The van der Waals surface area contributed by atoms with Crippen LogP contribution in [0.3, 0.4) is 0 Å². The van der Waals surface area contributed by atoms with Gasteiger partial charge in [0.1, 0.15) is 0 Å². The molecule has 1 aromatic carbocycles. The molecule has 0 aliphatic heterocycles. The second-order valence-electron chi connectivity index (χ2n) is 4.83. The molecule has 0 amide bonds. The molecule has 90 valence electrons. The van der Waals surface area contributed by atoms with Gasteiger partial charge in [-0.2, -0.15) is 0 Å². The zero-order valence-electron chi connectivity index (χ0n) is 10.8.